The zero-order chi connectivity index (χ0) is 19.9. The highest BCUT2D eigenvalue weighted by atomic mass is 16.5. The van der Waals surface area contributed by atoms with Crippen molar-refractivity contribution in [2.45, 2.75) is 63.8 Å². The molecule has 3 nitrogen and oxygen atoms in total. The van der Waals surface area contributed by atoms with Crippen LogP contribution in [0.2, 0.25) is 0 Å². The first-order chi connectivity index (χ1) is 14.3. The Bertz CT molecular complexity index is 766. The van der Waals surface area contributed by atoms with Crippen molar-refractivity contribution >= 4 is 0 Å². The molecule has 1 fully saturated rings. The molecule has 1 saturated heterocycles. The van der Waals surface area contributed by atoms with Gasteiger partial charge in [0.25, 0.3) is 0 Å². The van der Waals surface area contributed by atoms with Gasteiger partial charge in [0.05, 0.1) is 13.2 Å². The fraction of sp³-hybridized carbons (Fsp3) is 0.538. The zero-order valence-corrected chi connectivity index (χ0v) is 17.9. The Labute approximate surface area is 176 Å². The smallest absolute Gasteiger partial charge is 0.126 e. The van der Waals surface area contributed by atoms with Crippen LogP contribution in [-0.2, 0) is 12.0 Å². The fourth-order valence-corrected chi connectivity index (χ4v) is 4.73. The second-order valence-corrected chi connectivity index (χ2v) is 8.75. The number of rotatable bonds is 9. The number of fused-ring (bicyclic) bond motifs is 2. The standard InChI is InChI=1S/C26H35NO2/c1-2-3-4-5-9-18-28-23-12-13-24-25(19-23)29-21-26(24)14-16-27(17-15-26)20-22-10-7-6-8-11-22/h6-8,10-13,19H,2-5,9,14-18,20-21H2,1H3. The molecule has 3 heteroatoms. The molecule has 0 saturated carbocycles. The van der Waals surface area contributed by atoms with E-state index < -0.39 is 0 Å². The molecular weight excluding hydrogens is 358 g/mol. The SMILES string of the molecule is CCCCCCCOc1ccc2c(c1)OCC21CCN(Cc2ccccc2)CC1. The molecule has 0 radical (unpaired) electrons. The van der Waals surface area contributed by atoms with E-state index in [-0.39, 0.29) is 5.41 Å². The normalized spacial score (nSPS) is 17.8. The molecule has 1 spiro atoms. The lowest BCUT2D eigenvalue weighted by molar-refractivity contribution is 0.130. The Morgan fingerprint density at radius 2 is 1.76 bits per heavy atom. The second kappa shape index (κ2) is 9.67. The summed E-state index contributed by atoms with van der Waals surface area (Å²) in [7, 11) is 0. The lowest BCUT2D eigenvalue weighted by Crippen LogP contribution is -2.43. The maximum atomic E-state index is 6.15. The third-order valence-corrected chi connectivity index (χ3v) is 6.61. The molecule has 4 rings (SSSR count). The highest BCUT2D eigenvalue weighted by Gasteiger charge is 2.43. The summed E-state index contributed by atoms with van der Waals surface area (Å²) in [6.07, 6.45) is 8.68. The molecular formula is C26H35NO2. The molecule has 156 valence electrons. The molecule has 2 aromatic carbocycles. The van der Waals surface area contributed by atoms with Crippen LogP contribution in [0.3, 0.4) is 0 Å². The number of ether oxygens (including phenoxy) is 2. The third-order valence-electron chi connectivity index (χ3n) is 6.61. The van der Waals surface area contributed by atoms with Crippen LogP contribution < -0.4 is 9.47 Å². The average molecular weight is 394 g/mol. The van der Waals surface area contributed by atoms with Gasteiger partial charge in [-0.15, -0.1) is 0 Å². The summed E-state index contributed by atoms with van der Waals surface area (Å²) in [5.41, 5.74) is 3.00. The van der Waals surface area contributed by atoms with Crippen LogP contribution in [0.1, 0.15) is 63.0 Å². The van der Waals surface area contributed by atoms with Crippen molar-refractivity contribution in [1.29, 1.82) is 0 Å². The summed E-state index contributed by atoms with van der Waals surface area (Å²) >= 11 is 0. The Kier molecular flexibility index (Phi) is 6.76. The molecule has 2 aromatic rings. The van der Waals surface area contributed by atoms with E-state index in [0.29, 0.717) is 0 Å². The number of benzene rings is 2. The summed E-state index contributed by atoms with van der Waals surface area (Å²) in [4.78, 5) is 2.58. The maximum Gasteiger partial charge on any atom is 0.126 e. The Balaban J connectivity index is 1.30. The maximum absolute atomic E-state index is 6.15. The van der Waals surface area contributed by atoms with Gasteiger partial charge in [-0.05, 0) is 44.0 Å². The van der Waals surface area contributed by atoms with Gasteiger partial charge in [0.15, 0.2) is 0 Å². The first kappa shape index (κ1) is 20.3. The van der Waals surface area contributed by atoms with E-state index in [1.807, 2.05) is 0 Å². The van der Waals surface area contributed by atoms with Crippen molar-refractivity contribution in [1.82, 2.24) is 4.90 Å². The molecule has 0 aromatic heterocycles. The zero-order valence-electron chi connectivity index (χ0n) is 17.9. The van der Waals surface area contributed by atoms with Crippen molar-refractivity contribution in [2.24, 2.45) is 0 Å². The van der Waals surface area contributed by atoms with E-state index in [4.69, 9.17) is 9.47 Å². The highest BCUT2D eigenvalue weighted by molar-refractivity contribution is 5.48. The number of unbranched alkanes of at least 4 members (excludes halogenated alkanes) is 4. The Morgan fingerprint density at radius 3 is 2.55 bits per heavy atom. The molecule has 0 N–H and O–H groups in total. The summed E-state index contributed by atoms with van der Waals surface area (Å²) in [6.45, 7) is 7.20. The molecule has 0 aliphatic carbocycles. The summed E-state index contributed by atoms with van der Waals surface area (Å²) in [5, 5.41) is 0. The van der Waals surface area contributed by atoms with Gasteiger partial charge in [-0.2, -0.15) is 0 Å². The van der Waals surface area contributed by atoms with Gasteiger partial charge in [-0.25, -0.2) is 0 Å². The van der Waals surface area contributed by atoms with Crippen LogP contribution in [0.15, 0.2) is 48.5 Å². The Hall–Kier alpha value is -2.00. The summed E-state index contributed by atoms with van der Waals surface area (Å²) in [6, 6.07) is 17.3. The highest BCUT2D eigenvalue weighted by Crippen LogP contribution is 2.46. The number of hydrogen-bond donors (Lipinski definition) is 0. The van der Waals surface area contributed by atoms with E-state index >= 15 is 0 Å². The minimum Gasteiger partial charge on any atom is -0.493 e. The Morgan fingerprint density at radius 1 is 0.966 bits per heavy atom. The van der Waals surface area contributed by atoms with E-state index in [1.54, 1.807) is 0 Å². The van der Waals surface area contributed by atoms with E-state index in [0.717, 1.165) is 50.8 Å². The molecule has 0 bridgehead atoms. The van der Waals surface area contributed by atoms with Crippen molar-refractivity contribution in [3.05, 3.63) is 59.7 Å². The largest absolute Gasteiger partial charge is 0.493 e. The van der Waals surface area contributed by atoms with Gasteiger partial charge in [0, 0.05) is 23.6 Å². The van der Waals surface area contributed by atoms with Crippen molar-refractivity contribution in [3.63, 3.8) is 0 Å². The second-order valence-electron chi connectivity index (χ2n) is 8.75. The predicted molar refractivity (Wildman–Crippen MR) is 119 cm³/mol. The summed E-state index contributed by atoms with van der Waals surface area (Å²) in [5.74, 6) is 2.00. The van der Waals surface area contributed by atoms with Gasteiger partial charge < -0.3 is 9.47 Å². The van der Waals surface area contributed by atoms with Crippen LogP contribution in [0.4, 0.5) is 0 Å². The van der Waals surface area contributed by atoms with Gasteiger partial charge in [0.2, 0.25) is 0 Å². The number of likely N-dealkylation sites (tertiary alicyclic amines) is 1. The third kappa shape index (κ3) is 4.95. The average Bonchev–Trinajstić information content (AvgIpc) is 3.11. The van der Waals surface area contributed by atoms with Crippen LogP contribution in [-0.4, -0.2) is 31.2 Å². The number of piperidine rings is 1. The van der Waals surface area contributed by atoms with Crippen molar-refractivity contribution in [3.8, 4) is 11.5 Å². The van der Waals surface area contributed by atoms with Crippen molar-refractivity contribution in [2.75, 3.05) is 26.3 Å². The van der Waals surface area contributed by atoms with E-state index in [2.05, 4.69) is 60.4 Å². The van der Waals surface area contributed by atoms with Gasteiger partial charge >= 0.3 is 0 Å². The van der Waals surface area contributed by atoms with Crippen LogP contribution >= 0.6 is 0 Å². The molecule has 0 unspecified atom stereocenters. The molecule has 2 aliphatic heterocycles. The molecule has 29 heavy (non-hydrogen) atoms. The van der Waals surface area contributed by atoms with Crippen LogP contribution in [0.25, 0.3) is 0 Å². The van der Waals surface area contributed by atoms with E-state index in [1.165, 1.54) is 49.7 Å². The molecule has 0 atom stereocenters. The topological polar surface area (TPSA) is 21.7 Å². The first-order valence-corrected chi connectivity index (χ1v) is 11.5. The monoisotopic (exact) mass is 393 g/mol. The fourth-order valence-electron chi connectivity index (χ4n) is 4.73. The predicted octanol–water partition coefficient (Wildman–Crippen LogP) is 5.96. The van der Waals surface area contributed by atoms with Gasteiger partial charge in [0.1, 0.15) is 11.5 Å². The lowest BCUT2D eigenvalue weighted by atomic mass is 9.74. The first-order valence-electron chi connectivity index (χ1n) is 11.5. The van der Waals surface area contributed by atoms with Gasteiger partial charge in [-0.1, -0.05) is 69.0 Å². The van der Waals surface area contributed by atoms with Crippen LogP contribution in [0.5, 0.6) is 11.5 Å². The summed E-state index contributed by atoms with van der Waals surface area (Å²) < 4.78 is 12.1. The van der Waals surface area contributed by atoms with Crippen LogP contribution in [0, 0.1) is 0 Å². The quantitative estimate of drug-likeness (QED) is 0.491. The molecule has 2 aliphatic rings. The number of nitrogens with zero attached hydrogens (tertiary/aromatic N) is 1. The van der Waals surface area contributed by atoms with Crippen molar-refractivity contribution < 1.29 is 9.47 Å². The van der Waals surface area contributed by atoms with E-state index in [9.17, 15) is 0 Å². The molecule has 2 heterocycles. The minimum absolute atomic E-state index is 0.196. The number of hydrogen-bond acceptors (Lipinski definition) is 3. The van der Waals surface area contributed by atoms with Gasteiger partial charge in [-0.3, -0.25) is 4.90 Å². The lowest BCUT2D eigenvalue weighted by Gasteiger charge is -2.38. The molecule has 0 amide bonds. The minimum atomic E-state index is 0.196.